The number of halogens is 1. The highest BCUT2D eigenvalue weighted by atomic mass is 35.5. The van der Waals surface area contributed by atoms with Crippen LogP contribution in [0.1, 0.15) is 30.6 Å². The molecule has 122 valence electrons. The molecule has 1 aromatic heterocycles. The first-order valence-electron chi connectivity index (χ1n) is 7.64. The maximum Gasteiger partial charge on any atom is 0.252 e. The summed E-state index contributed by atoms with van der Waals surface area (Å²) in [6.45, 7) is 4.22. The Balaban J connectivity index is 2.11. The van der Waals surface area contributed by atoms with Crippen molar-refractivity contribution in [1.29, 1.82) is 0 Å². The largest absolute Gasteiger partial charge is 0.393 e. The Labute approximate surface area is 141 Å². The van der Waals surface area contributed by atoms with Gasteiger partial charge in [-0.2, -0.15) is 0 Å². The number of nitrogens with one attached hydrogen (secondary N) is 1. The summed E-state index contributed by atoms with van der Waals surface area (Å²) in [5, 5.41) is 12.6. The molecule has 2 rings (SSSR count). The molecule has 0 aliphatic rings. The lowest BCUT2D eigenvalue weighted by Crippen LogP contribution is -2.29. The van der Waals surface area contributed by atoms with Crippen LogP contribution in [0.2, 0.25) is 5.02 Å². The minimum atomic E-state index is -0.377. The van der Waals surface area contributed by atoms with Crippen molar-refractivity contribution < 1.29 is 9.90 Å². The summed E-state index contributed by atoms with van der Waals surface area (Å²) in [6, 6.07) is 10.9. The van der Waals surface area contributed by atoms with Crippen LogP contribution in [-0.4, -0.2) is 28.6 Å². The number of aromatic nitrogens is 1. The van der Waals surface area contributed by atoms with Gasteiger partial charge in [0.15, 0.2) is 0 Å². The lowest BCUT2D eigenvalue weighted by molar-refractivity contribution is 0.0939. The van der Waals surface area contributed by atoms with Gasteiger partial charge in [0.05, 0.1) is 22.4 Å². The third kappa shape index (κ3) is 5.05. The number of benzene rings is 1. The molecule has 0 spiro atoms. The van der Waals surface area contributed by atoms with Gasteiger partial charge in [0.2, 0.25) is 0 Å². The predicted octanol–water partition coefficient (Wildman–Crippen LogP) is 3.54. The van der Waals surface area contributed by atoms with Crippen LogP contribution in [0.15, 0.2) is 42.6 Å². The number of hydrogen-bond acceptors (Lipinski definition) is 3. The van der Waals surface area contributed by atoms with Gasteiger partial charge in [-0.05, 0) is 43.5 Å². The Bertz CT molecular complexity index is 659. The zero-order chi connectivity index (χ0) is 16.8. The normalized spacial score (nSPS) is 13.4. The number of hydrogen-bond donors (Lipinski definition) is 2. The Kier molecular flexibility index (Phi) is 6.13. The zero-order valence-corrected chi connectivity index (χ0v) is 14.0. The molecule has 1 amide bonds. The summed E-state index contributed by atoms with van der Waals surface area (Å²) in [7, 11) is 0. The fraction of sp³-hybridized carbons (Fsp3) is 0.333. The Morgan fingerprint density at radius 3 is 2.74 bits per heavy atom. The van der Waals surface area contributed by atoms with Gasteiger partial charge in [-0.1, -0.05) is 30.7 Å². The van der Waals surface area contributed by atoms with Gasteiger partial charge in [-0.25, -0.2) is 0 Å². The van der Waals surface area contributed by atoms with Crippen molar-refractivity contribution in [3.63, 3.8) is 0 Å². The molecule has 2 unspecified atom stereocenters. The molecule has 0 saturated carbocycles. The van der Waals surface area contributed by atoms with Crippen LogP contribution in [0, 0.1) is 5.92 Å². The van der Waals surface area contributed by atoms with E-state index < -0.39 is 0 Å². The fourth-order valence-corrected chi connectivity index (χ4v) is 2.62. The van der Waals surface area contributed by atoms with Gasteiger partial charge in [0.25, 0.3) is 5.91 Å². The Hall–Kier alpha value is -1.91. The molecule has 2 N–H and O–H groups in total. The van der Waals surface area contributed by atoms with Gasteiger partial charge in [0.1, 0.15) is 0 Å². The third-order valence-electron chi connectivity index (χ3n) is 3.53. The summed E-state index contributed by atoms with van der Waals surface area (Å²) in [6.07, 6.45) is 1.97. The highest BCUT2D eigenvalue weighted by Crippen LogP contribution is 2.24. The average molecular weight is 333 g/mol. The minimum Gasteiger partial charge on any atom is -0.393 e. The molecule has 23 heavy (non-hydrogen) atoms. The SMILES string of the molecule is CC(O)CC(C)CNC(=O)c1cc(-c2ccccn2)ccc1Cl. The van der Waals surface area contributed by atoms with E-state index >= 15 is 0 Å². The molecule has 1 heterocycles. The van der Waals surface area contributed by atoms with Crippen LogP contribution in [0.3, 0.4) is 0 Å². The van der Waals surface area contributed by atoms with E-state index in [1.54, 1.807) is 25.3 Å². The molecular weight excluding hydrogens is 312 g/mol. The number of nitrogens with zero attached hydrogens (tertiary/aromatic N) is 1. The first-order chi connectivity index (χ1) is 11.0. The van der Waals surface area contributed by atoms with Crippen molar-refractivity contribution in [3.05, 3.63) is 53.2 Å². The summed E-state index contributed by atoms with van der Waals surface area (Å²) in [4.78, 5) is 16.6. The molecule has 0 aliphatic heterocycles. The van der Waals surface area contributed by atoms with Gasteiger partial charge in [-0.3, -0.25) is 9.78 Å². The maximum atomic E-state index is 12.4. The minimum absolute atomic E-state index is 0.191. The van der Waals surface area contributed by atoms with Crippen molar-refractivity contribution in [2.75, 3.05) is 6.54 Å². The lowest BCUT2D eigenvalue weighted by atomic mass is 10.0. The quantitative estimate of drug-likeness (QED) is 0.850. The van der Waals surface area contributed by atoms with Crippen molar-refractivity contribution >= 4 is 17.5 Å². The molecule has 1 aromatic carbocycles. The summed E-state index contributed by atoms with van der Waals surface area (Å²) in [5.74, 6) is -0.0260. The Morgan fingerprint density at radius 1 is 1.30 bits per heavy atom. The average Bonchev–Trinajstić information content (AvgIpc) is 2.53. The van der Waals surface area contributed by atoms with Gasteiger partial charge in [-0.15, -0.1) is 0 Å². The molecule has 0 saturated heterocycles. The van der Waals surface area contributed by atoms with Crippen LogP contribution in [-0.2, 0) is 0 Å². The second-order valence-corrected chi connectivity index (χ2v) is 6.22. The van der Waals surface area contributed by atoms with E-state index in [1.165, 1.54) is 0 Å². The first kappa shape index (κ1) is 17.4. The van der Waals surface area contributed by atoms with Crippen LogP contribution in [0.5, 0.6) is 0 Å². The molecule has 4 nitrogen and oxygen atoms in total. The molecular formula is C18H21ClN2O2. The molecule has 0 aliphatic carbocycles. The van der Waals surface area contributed by atoms with E-state index in [0.29, 0.717) is 23.6 Å². The van der Waals surface area contributed by atoms with Crippen molar-refractivity contribution in [3.8, 4) is 11.3 Å². The number of carbonyl (C=O) groups is 1. The van der Waals surface area contributed by atoms with Crippen LogP contribution in [0.4, 0.5) is 0 Å². The van der Waals surface area contributed by atoms with Crippen molar-refractivity contribution in [2.45, 2.75) is 26.4 Å². The van der Waals surface area contributed by atoms with Crippen LogP contribution in [0.25, 0.3) is 11.3 Å². The third-order valence-corrected chi connectivity index (χ3v) is 3.86. The predicted molar refractivity (Wildman–Crippen MR) is 92.5 cm³/mol. The lowest BCUT2D eigenvalue weighted by Gasteiger charge is -2.15. The number of aliphatic hydroxyl groups is 1. The second kappa shape index (κ2) is 8.09. The summed E-state index contributed by atoms with van der Waals surface area (Å²) < 4.78 is 0. The summed E-state index contributed by atoms with van der Waals surface area (Å²) >= 11 is 6.16. The Morgan fingerprint density at radius 2 is 2.09 bits per heavy atom. The van der Waals surface area contributed by atoms with E-state index in [9.17, 15) is 9.90 Å². The molecule has 5 heteroatoms. The number of aliphatic hydroxyl groups excluding tert-OH is 1. The smallest absolute Gasteiger partial charge is 0.252 e. The van der Waals surface area contributed by atoms with Crippen molar-refractivity contribution in [1.82, 2.24) is 10.3 Å². The highest BCUT2D eigenvalue weighted by molar-refractivity contribution is 6.34. The number of amides is 1. The molecule has 0 bridgehead atoms. The number of rotatable bonds is 6. The zero-order valence-electron chi connectivity index (χ0n) is 13.3. The monoisotopic (exact) mass is 332 g/mol. The molecule has 2 aromatic rings. The molecule has 2 atom stereocenters. The maximum absolute atomic E-state index is 12.4. The van der Waals surface area contributed by atoms with Crippen LogP contribution < -0.4 is 5.32 Å². The first-order valence-corrected chi connectivity index (χ1v) is 8.02. The fourth-order valence-electron chi connectivity index (χ4n) is 2.42. The van der Waals surface area contributed by atoms with E-state index in [0.717, 1.165) is 11.3 Å². The van der Waals surface area contributed by atoms with Gasteiger partial charge >= 0.3 is 0 Å². The molecule has 0 radical (unpaired) electrons. The van der Waals surface area contributed by atoms with E-state index in [2.05, 4.69) is 10.3 Å². The van der Waals surface area contributed by atoms with Gasteiger partial charge < -0.3 is 10.4 Å². The van der Waals surface area contributed by atoms with E-state index in [-0.39, 0.29) is 17.9 Å². The number of pyridine rings is 1. The number of carbonyl (C=O) groups excluding carboxylic acids is 1. The van der Waals surface area contributed by atoms with E-state index in [4.69, 9.17) is 11.6 Å². The molecule has 0 fully saturated rings. The highest BCUT2D eigenvalue weighted by Gasteiger charge is 2.14. The summed E-state index contributed by atoms with van der Waals surface area (Å²) in [5.41, 5.74) is 2.07. The van der Waals surface area contributed by atoms with Crippen molar-refractivity contribution in [2.24, 2.45) is 5.92 Å². The topological polar surface area (TPSA) is 62.2 Å². The van der Waals surface area contributed by atoms with Crippen LogP contribution >= 0.6 is 11.6 Å². The second-order valence-electron chi connectivity index (χ2n) is 5.81. The van der Waals surface area contributed by atoms with E-state index in [1.807, 2.05) is 31.2 Å². The van der Waals surface area contributed by atoms with Gasteiger partial charge in [0, 0.05) is 18.3 Å². The standard InChI is InChI=1S/C18H21ClN2O2/c1-12(9-13(2)22)11-21-18(23)15-10-14(6-7-16(15)19)17-5-3-4-8-20-17/h3-8,10,12-13,22H,9,11H2,1-2H3,(H,21,23).